The van der Waals surface area contributed by atoms with Gasteiger partial charge in [-0.25, -0.2) is 0 Å². The molecule has 0 atom stereocenters. The molecule has 0 radical (unpaired) electrons. The van der Waals surface area contributed by atoms with E-state index in [1.807, 2.05) is 0 Å². The second-order valence-electron chi connectivity index (χ2n) is 16.7. The first-order valence-corrected chi connectivity index (χ1v) is 22.6. The van der Waals surface area contributed by atoms with Crippen molar-refractivity contribution in [2.45, 2.75) is 91.9 Å². The van der Waals surface area contributed by atoms with Crippen LogP contribution in [0, 0.1) is 0 Å². The van der Waals surface area contributed by atoms with Gasteiger partial charge in [0.2, 0.25) is 0 Å². The molecule has 2 aliphatic rings. The van der Waals surface area contributed by atoms with Gasteiger partial charge >= 0.3 is 0 Å². The quantitative estimate of drug-likeness (QED) is 0.131. The van der Waals surface area contributed by atoms with E-state index in [0.717, 1.165) is 57.1 Å². The van der Waals surface area contributed by atoms with Crippen molar-refractivity contribution in [1.82, 2.24) is 0 Å². The average molecular weight is 783 g/mol. The molecule has 0 aliphatic heterocycles. The Kier molecular flexibility index (Phi) is 11.6. The molecule has 0 spiro atoms. The van der Waals surface area contributed by atoms with Gasteiger partial charge in [-0.15, -0.1) is 0 Å². The van der Waals surface area contributed by atoms with Crippen molar-refractivity contribution in [1.29, 1.82) is 0 Å². The highest BCUT2D eigenvalue weighted by Crippen LogP contribution is 2.48. The molecule has 0 bridgehead atoms. The smallest absolute Gasteiger partial charge is 0.0543 e. The third-order valence-electron chi connectivity index (χ3n) is 12.8. The second kappa shape index (κ2) is 17.6. The lowest BCUT2D eigenvalue weighted by Crippen LogP contribution is -2.14. The van der Waals surface area contributed by atoms with Gasteiger partial charge in [0.05, 0.1) is 11.4 Å². The average Bonchev–Trinajstić information content (AvgIpc) is 3.30. The number of hydrogen-bond acceptors (Lipinski definition) is 2. The van der Waals surface area contributed by atoms with Gasteiger partial charge in [-0.3, -0.25) is 0 Å². The Morgan fingerprint density at radius 2 is 1.12 bits per heavy atom. The van der Waals surface area contributed by atoms with Crippen LogP contribution in [-0.4, -0.2) is 0 Å². The highest BCUT2D eigenvalue weighted by atomic mass is 15.1. The van der Waals surface area contributed by atoms with E-state index in [0.29, 0.717) is 0 Å². The number of allylic oxidation sites excluding steroid dienone is 2. The van der Waals surface area contributed by atoms with Crippen LogP contribution in [0.2, 0.25) is 0 Å². The predicted octanol–water partition coefficient (Wildman–Crippen LogP) is 16.4. The maximum atomic E-state index is 3.85. The lowest BCUT2D eigenvalue weighted by Gasteiger charge is -2.31. The number of nitrogens with zero attached hydrogens (tertiary/aromatic N) is 1. The van der Waals surface area contributed by atoms with Gasteiger partial charge in [-0.1, -0.05) is 150 Å². The SMILES string of the molecule is C1=Cc2ccccc2CC1.CCCc1ccc(Nc2cc(CC)c3ccc4c(N(c5ccc(CCC)cc5)c5cccc6c5C=CCC6)cc(CC)c5ccc2c3c54)cc1. The van der Waals surface area contributed by atoms with E-state index in [2.05, 4.69) is 190 Å². The minimum atomic E-state index is 0.965. The van der Waals surface area contributed by atoms with Gasteiger partial charge < -0.3 is 10.2 Å². The molecule has 2 aliphatic carbocycles. The lowest BCUT2D eigenvalue weighted by molar-refractivity contribution is 0.922. The molecule has 300 valence electrons. The fourth-order valence-electron chi connectivity index (χ4n) is 9.72. The van der Waals surface area contributed by atoms with Gasteiger partial charge in [-0.05, 0) is 154 Å². The summed E-state index contributed by atoms with van der Waals surface area (Å²) in [4.78, 5) is 2.55. The molecule has 0 aromatic heterocycles. The van der Waals surface area contributed by atoms with Crippen LogP contribution in [0.5, 0.6) is 0 Å². The number of anilines is 5. The maximum absolute atomic E-state index is 3.85. The number of benzene rings is 8. The minimum Gasteiger partial charge on any atom is -0.355 e. The summed E-state index contributed by atoms with van der Waals surface area (Å²) in [5.74, 6) is 0. The van der Waals surface area contributed by atoms with Crippen molar-refractivity contribution in [3.63, 3.8) is 0 Å². The fourth-order valence-corrected chi connectivity index (χ4v) is 9.72. The molecule has 2 nitrogen and oxygen atoms in total. The number of aryl methyl sites for hydroxylation is 6. The summed E-state index contributed by atoms with van der Waals surface area (Å²) in [6.45, 7) is 9.09. The first kappa shape index (κ1) is 39.3. The van der Waals surface area contributed by atoms with Crippen LogP contribution in [0.4, 0.5) is 28.4 Å². The molecule has 10 rings (SSSR count). The molecule has 8 aromatic carbocycles. The Balaban J connectivity index is 0.000000403. The summed E-state index contributed by atoms with van der Waals surface area (Å²) in [7, 11) is 0. The molecule has 0 heterocycles. The van der Waals surface area contributed by atoms with Gasteiger partial charge in [-0.2, -0.15) is 0 Å². The third-order valence-corrected chi connectivity index (χ3v) is 12.8. The molecule has 0 saturated carbocycles. The molecule has 60 heavy (non-hydrogen) atoms. The van der Waals surface area contributed by atoms with Gasteiger partial charge in [0, 0.05) is 33.4 Å². The topological polar surface area (TPSA) is 15.3 Å². The monoisotopic (exact) mass is 782 g/mol. The van der Waals surface area contributed by atoms with Crippen LogP contribution < -0.4 is 10.2 Å². The van der Waals surface area contributed by atoms with E-state index < -0.39 is 0 Å². The molecule has 0 fully saturated rings. The fraction of sp³-hybridized carbons (Fsp3) is 0.241. The van der Waals surface area contributed by atoms with Crippen molar-refractivity contribution in [3.8, 4) is 0 Å². The summed E-state index contributed by atoms with van der Waals surface area (Å²) in [5, 5.41) is 11.9. The standard InChI is InChI=1S/C48H48N2.C10H10/c1-5-12-32-18-22-37(23-19-32)49-44-30-34(7-3)40-27-29-43-46(31-35(8-4)41-26-28-42(44)47(40)48(41)43)50(38-24-20-33(13-6-2)21-25-38)45-17-11-15-36-14-9-10-16-39(36)45;1-2-6-10-8-4-3-7-9(10)5-1/h10-11,15-31,49H,5-9,12-14H2,1-4H3;1-3,5-7H,4,8H2. The summed E-state index contributed by atoms with van der Waals surface area (Å²) in [6, 6.07) is 48.2. The van der Waals surface area contributed by atoms with Crippen LogP contribution in [-0.2, 0) is 38.5 Å². The Morgan fingerprint density at radius 3 is 1.82 bits per heavy atom. The number of rotatable bonds is 11. The minimum absolute atomic E-state index is 0.965. The van der Waals surface area contributed by atoms with E-state index in [1.54, 1.807) is 0 Å². The summed E-state index contributed by atoms with van der Waals surface area (Å²) in [5.41, 5.74) is 17.2. The van der Waals surface area contributed by atoms with Gasteiger partial charge in [0.25, 0.3) is 0 Å². The maximum Gasteiger partial charge on any atom is 0.0543 e. The highest BCUT2D eigenvalue weighted by molar-refractivity contribution is 6.29. The first-order valence-electron chi connectivity index (χ1n) is 22.6. The van der Waals surface area contributed by atoms with Gasteiger partial charge in [0.15, 0.2) is 0 Å². The molecule has 0 saturated heterocycles. The van der Waals surface area contributed by atoms with E-state index in [1.165, 1.54) is 112 Å². The van der Waals surface area contributed by atoms with E-state index in [9.17, 15) is 0 Å². The first-order chi connectivity index (χ1) is 29.6. The van der Waals surface area contributed by atoms with E-state index in [-0.39, 0.29) is 0 Å². The lowest BCUT2D eigenvalue weighted by atomic mass is 9.87. The summed E-state index contributed by atoms with van der Waals surface area (Å²) < 4.78 is 0. The Bertz CT molecular complexity index is 2820. The Hall–Kier alpha value is -6.12. The molecular formula is C58H58N2. The normalized spacial score (nSPS) is 13.0. The second-order valence-corrected chi connectivity index (χ2v) is 16.7. The zero-order valence-electron chi connectivity index (χ0n) is 36.0. The van der Waals surface area contributed by atoms with Crippen molar-refractivity contribution >= 4 is 72.9 Å². The van der Waals surface area contributed by atoms with E-state index >= 15 is 0 Å². The van der Waals surface area contributed by atoms with Crippen LogP contribution in [0.15, 0.2) is 140 Å². The predicted molar refractivity (Wildman–Crippen MR) is 262 cm³/mol. The van der Waals surface area contributed by atoms with Gasteiger partial charge in [0.1, 0.15) is 0 Å². The van der Waals surface area contributed by atoms with Crippen molar-refractivity contribution in [2.24, 2.45) is 0 Å². The summed E-state index contributed by atoms with van der Waals surface area (Å²) >= 11 is 0. The molecule has 2 heteroatoms. The van der Waals surface area contributed by atoms with Crippen molar-refractivity contribution < 1.29 is 0 Å². The molecular weight excluding hydrogens is 725 g/mol. The summed E-state index contributed by atoms with van der Waals surface area (Å²) in [6.07, 6.45) is 20.2. The highest BCUT2D eigenvalue weighted by Gasteiger charge is 2.24. The zero-order chi connectivity index (χ0) is 41.0. The number of nitrogens with one attached hydrogen (secondary N) is 1. The Labute approximate surface area is 357 Å². The van der Waals surface area contributed by atoms with Crippen LogP contribution in [0.1, 0.15) is 97.9 Å². The van der Waals surface area contributed by atoms with Crippen LogP contribution >= 0.6 is 0 Å². The molecule has 8 aromatic rings. The van der Waals surface area contributed by atoms with Crippen molar-refractivity contribution in [2.75, 3.05) is 10.2 Å². The van der Waals surface area contributed by atoms with Crippen LogP contribution in [0.3, 0.4) is 0 Å². The van der Waals surface area contributed by atoms with E-state index in [4.69, 9.17) is 0 Å². The zero-order valence-corrected chi connectivity index (χ0v) is 36.0. The number of hydrogen-bond donors (Lipinski definition) is 1. The number of fused-ring (bicyclic) bond motifs is 2. The van der Waals surface area contributed by atoms with Crippen molar-refractivity contribution in [3.05, 3.63) is 184 Å². The third kappa shape index (κ3) is 7.61. The van der Waals surface area contributed by atoms with Crippen LogP contribution in [0.25, 0.3) is 44.5 Å². The molecule has 0 amide bonds. The molecule has 0 unspecified atom stereocenters. The molecule has 1 N–H and O–H groups in total. The largest absolute Gasteiger partial charge is 0.355 e. The Morgan fingerprint density at radius 1 is 0.517 bits per heavy atom.